The summed E-state index contributed by atoms with van der Waals surface area (Å²) in [6, 6.07) is 8.00. The smallest absolute Gasteiger partial charge is 0.0242 e. The Morgan fingerprint density at radius 2 is 2.00 bits per heavy atom. The van der Waals surface area contributed by atoms with Gasteiger partial charge in [-0.15, -0.1) is 6.42 Å². The van der Waals surface area contributed by atoms with Gasteiger partial charge in [-0.05, 0) is 17.7 Å². The average Bonchev–Trinajstić information content (AvgIpc) is 2.19. The van der Waals surface area contributed by atoms with Crippen molar-refractivity contribution >= 4 is 12.6 Å². The minimum Gasteiger partial charge on any atom is -0.312 e. The average molecular weight is 191 g/mol. The lowest BCUT2D eigenvalue weighted by Gasteiger charge is -2.02. The zero-order valence-corrected chi connectivity index (χ0v) is 8.35. The lowest BCUT2D eigenvalue weighted by Crippen LogP contribution is -2.15. The van der Waals surface area contributed by atoms with Gasteiger partial charge >= 0.3 is 0 Å². The van der Waals surface area contributed by atoms with Crippen molar-refractivity contribution in [1.29, 1.82) is 0 Å². The van der Waals surface area contributed by atoms with Gasteiger partial charge < -0.3 is 5.32 Å². The summed E-state index contributed by atoms with van der Waals surface area (Å²) < 4.78 is 0. The number of nitrogens with one attached hydrogen (secondary N) is 1. The first-order chi connectivity index (χ1) is 6.36. The Morgan fingerprint density at radius 3 is 2.54 bits per heavy atom. The third kappa shape index (κ3) is 3.54. The van der Waals surface area contributed by atoms with Crippen molar-refractivity contribution in [2.24, 2.45) is 0 Å². The van der Waals surface area contributed by atoms with Gasteiger partial charge in [0.05, 0.1) is 0 Å². The van der Waals surface area contributed by atoms with Gasteiger partial charge in [0, 0.05) is 24.4 Å². The first-order valence-corrected chi connectivity index (χ1v) is 4.87. The van der Waals surface area contributed by atoms with E-state index in [-0.39, 0.29) is 0 Å². The van der Waals surface area contributed by atoms with E-state index < -0.39 is 0 Å². The molecule has 0 fully saturated rings. The fourth-order valence-corrected chi connectivity index (χ4v) is 1.19. The van der Waals surface area contributed by atoms with Crippen LogP contribution in [-0.4, -0.2) is 12.3 Å². The third-order valence-corrected chi connectivity index (χ3v) is 1.96. The third-order valence-electron chi connectivity index (χ3n) is 1.74. The predicted molar refractivity (Wildman–Crippen MR) is 59.9 cm³/mol. The van der Waals surface area contributed by atoms with Gasteiger partial charge in [-0.3, -0.25) is 0 Å². The number of thiol groups is 1. The molecule has 0 amide bonds. The van der Waals surface area contributed by atoms with Crippen LogP contribution >= 0.6 is 12.6 Å². The van der Waals surface area contributed by atoms with Crippen LogP contribution in [0.1, 0.15) is 11.1 Å². The van der Waals surface area contributed by atoms with E-state index in [2.05, 4.69) is 23.9 Å². The fraction of sp³-hybridized carbons (Fsp3) is 0.273. The summed E-state index contributed by atoms with van der Waals surface area (Å²) in [5, 5.41) is 3.26. The number of hydrogen-bond acceptors (Lipinski definition) is 2. The van der Waals surface area contributed by atoms with Gasteiger partial charge in [0.1, 0.15) is 0 Å². The lowest BCUT2D eigenvalue weighted by atomic mass is 10.1. The van der Waals surface area contributed by atoms with Crippen LogP contribution in [0.25, 0.3) is 0 Å². The SMILES string of the molecule is C#Cc1ccc(CNCCS)cc1. The molecule has 0 saturated heterocycles. The zero-order valence-electron chi connectivity index (χ0n) is 7.46. The summed E-state index contributed by atoms with van der Waals surface area (Å²) >= 11 is 4.11. The first-order valence-electron chi connectivity index (χ1n) is 4.24. The molecule has 0 aliphatic rings. The summed E-state index contributed by atoms with van der Waals surface area (Å²) in [4.78, 5) is 0. The van der Waals surface area contributed by atoms with Crippen LogP contribution in [0, 0.1) is 12.3 Å². The maximum absolute atomic E-state index is 5.25. The molecule has 1 N–H and O–H groups in total. The van der Waals surface area contributed by atoms with Crippen LogP contribution in [0.2, 0.25) is 0 Å². The molecule has 1 nitrogen and oxygen atoms in total. The van der Waals surface area contributed by atoms with E-state index in [9.17, 15) is 0 Å². The molecule has 1 aromatic rings. The van der Waals surface area contributed by atoms with Crippen molar-refractivity contribution in [3.05, 3.63) is 35.4 Å². The van der Waals surface area contributed by atoms with Crippen LogP contribution in [0.4, 0.5) is 0 Å². The zero-order chi connectivity index (χ0) is 9.52. The van der Waals surface area contributed by atoms with Gasteiger partial charge in [0.15, 0.2) is 0 Å². The summed E-state index contributed by atoms with van der Waals surface area (Å²) in [6.07, 6.45) is 5.25. The van der Waals surface area contributed by atoms with E-state index in [1.165, 1.54) is 5.56 Å². The summed E-state index contributed by atoms with van der Waals surface area (Å²) in [6.45, 7) is 1.81. The molecule has 0 atom stereocenters. The van der Waals surface area contributed by atoms with Crippen LogP contribution in [0.3, 0.4) is 0 Å². The second kappa shape index (κ2) is 5.69. The number of benzene rings is 1. The van der Waals surface area contributed by atoms with E-state index in [0.717, 1.165) is 24.4 Å². The molecule has 0 saturated carbocycles. The van der Waals surface area contributed by atoms with Crippen molar-refractivity contribution in [2.45, 2.75) is 6.54 Å². The molecule has 0 unspecified atom stereocenters. The second-order valence-electron chi connectivity index (χ2n) is 2.74. The largest absolute Gasteiger partial charge is 0.312 e. The van der Waals surface area contributed by atoms with Crippen LogP contribution in [-0.2, 0) is 6.54 Å². The Hall–Kier alpha value is -0.910. The van der Waals surface area contributed by atoms with Crippen molar-refractivity contribution < 1.29 is 0 Å². The van der Waals surface area contributed by atoms with Crippen molar-refractivity contribution in [2.75, 3.05) is 12.3 Å². The Morgan fingerprint density at radius 1 is 1.31 bits per heavy atom. The molecule has 0 aliphatic heterocycles. The molecule has 68 valence electrons. The van der Waals surface area contributed by atoms with Gasteiger partial charge in [-0.1, -0.05) is 18.1 Å². The molecule has 0 aliphatic carbocycles. The number of rotatable bonds is 4. The molecular weight excluding hydrogens is 178 g/mol. The molecule has 1 aromatic carbocycles. The second-order valence-corrected chi connectivity index (χ2v) is 3.19. The number of hydrogen-bond donors (Lipinski definition) is 2. The lowest BCUT2D eigenvalue weighted by molar-refractivity contribution is 0.733. The quantitative estimate of drug-likeness (QED) is 0.419. The molecule has 2 heteroatoms. The normalized spacial score (nSPS) is 9.54. The monoisotopic (exact) mass is 191 g/mol. The topological polar surface area (TPSA) is 12.0 Å². The van der Waals surface area contributed by atoms with E-state index in [0.29, 0.717) is 0 Å². The highest BCUT2D eigenvalue weighted by Gasteiger charge is 1.91. The Labute approximate surface area is 85.0 Å². The Bertz CT molecular complexity index is 284. The highest BCUT2D eigenvalue weighted by molar-refractivity contribution is 7.80. The van der Waals surface area contributed by atoms with E-state index in [1.54, 1.807) is 0 Å². The highest BCUT2D eigenvalue weighted by Crippen LogP contribution is 2.02. The van der Waals surface area contributed by atoms with E-state index in [4.69, 9.17) is 6.42 Å². The van der Waals surface area contributed by atoms with Crippen molar-refractivity contribution in [1.82, 2.24) is 5.32 Å². The van der Waals surface area contributed by atoms with E-state index >= 15 is 0 Å². The van der Waals surface area contributed by atoms with Crippen molar-refractivity contribution in [3.8, 4) is 12.3 Å². The summed E-state index contributed by atoms with van der Waals surface area (Å²) in [5.74, 6) is 3.45. The molecular formula is C11H13NS. The highest BCUT2D eigenvalue weighted by atomic mass is 32.1. The summed E-state index contributed by atoms with van der Waals surface area (Å²) in [7, 11) is 0. The molecule has 0 spiro atoms. The van der Waals surface area contributed by atoms with Gasteiger partial charge in [0.2, 0.25) is 0 Å². The molecule has 0 radical (unpaired) electrons. The minimum absolute atomic E-state index is 0.864. The van der Waals surface area contributed by atoms with Crippen LogP contribution in [0.5, 0.6) is 0 Å². The standard InChI is InChI=1S/C11H13NS/c1-2-10-3-5-11(6-4-10)9-12-7-8-13/h1,3-6,12-13H,7-9H2. The van der Waals surface area contributed by atoms with Gasteiger partial charge in [-0.25, -0.2) is 0 Å². The van der Waals surface area contributed by atoms with Crippen molar-refractivity contribution in [3.63, 3.8) is 0 Å². The predicted octanol–water partition coefficient (Wildman–Crippen LogP) is 1.69. The first kappa shape index (κ1) is 10.2. The fourth-order valence-electron chi connectivity index (χ4n) is 1.03. The number of terminal acetylenes is 1. The van der Waals surface area contributed by atoms with Gasteiger partial charge in [0.25, 0.3) is 0 Å². The van der Waals surface area contributed by atoms with Crippen LogP contribution < -0.4 is 5.32 Å². The molecule has 0 bridgehead atoms. The van der Waals surface area contributed by atoms with Gasteiger partial charge in [-0.2, -0.15) is 12.6 Å². The maximum Gasteiger partial charge on any atom is 0.0242 e. The summed E-state index contributed by atoms with van der Waals surface area (Å²) in [5.41, 5.74) is 2.18. The minimum atomic E-state index is 0.864. The maximum atomic E-state index is 5.25. The Balaban J connectivity index is 2.46. The van der Waals surface area contributed by atoms with Crippen LogP contribution in [0.15, 0.2) is 24.3 Å². The van der Waals surface area contributed by atoms with E-state index in [1.807, 2.05) is 24.3 Å². The molecule has 13 heavy (non-hydrogen) atoms. The molecule has 0 aromatic heterocycles. The molecule has 0 heterocycles. The Kier molecular flexibility index (Phi) is 4.45. The molecule has 1 rings (SSSR count).